The van der Waals surface area contributed by atoms with E-state index in [0.29, 0.717) is 55.1 Å². The largest absolute Gasteiger partial charge is 0.345 e. The Morgan fingerprint density at radius 3 is 2.09 bits per heavy atom. The molecule has 0 radical (unpaired) electrons. The number of aromatic amines is 1. The Hall–Kier alpha value is -4.63. The molecule has 1 aliphatic heterocycles. The number of fused-ring (bicyclic) bond motifs is 2. The molecule has 2 aromatic carbocycles. The lowest BCUT2D eigenvalue weighted by Crippen LogP contribution is -2.50. The third-order valence-electron chi connectivity index (χ3n) is 10.3. The second-order valence-electron chi connectivity index (χ2n) is 13.6. The molecule has 12 nitrogen and oxygen atoms in total. The SMILES string of the molecule is CN(C)C(=O)c1ccc2c(c1)CCc1cc(C(=O)N(C)C)ccc1C2(C[C@@H](NCC(=O)N1CCCC1C#N)C1CCC1)c1nnn[nH]1. The van der Waals surface area contributed by atoms with Crippen LogP contribution in [0.4, 0.5) is 0 Å². The van der Waals surface area contributed by atoms with E-state index in [2.05, 4.69) is 32.0 Å². The number of likely N-dealkylation sites (tertiary alicyclic amines) is 1. The number of carbonyl (C=O) groups excluding carboxylic acids is 3. The highest BCUT2D eigenvalue weighted by atomic mass is 16.2. The fraction of sp³-hybridized carbons (Fsp3) is 0.514. The van der Waals surface area contributed by atoms with Crippen LogP contribution < -0.4 is 5.32 Å². The van der Waals surface area contributed by atoms with Crippen molar-refractivity contribution in [2.75, 3.05) is 41.3 Å². The third kappa shape index (κ3) is 6.00. The second-order valence-corrected chi connectivity index (χ2v) is 13.6. The van der Waals surface area contributed by atoms with E-state index in [1.807, 2.05) is 36.4 Å². The first-order chi connectivity index (χ1) is 22.6. The van der Waals surface area contributed by atoms with Crippen LogP contribution in [0.2, 0.25) is 0 Å². The third-order valence-corrected chi connectivity index (χ3v) is 10.3. The number of carbonyl (C=O) groups is 3. The monoisotopic (exact) mass is 637 g/mol. The minimum Gasteiger partial charge on any atom is -0.345 e. The molecule has 2 aliphatic carbocycles. The zero-order valence-corrected chi connectivity index (χ0v) is 27.6. The van der Waals surface area contributed by atoms with Gasteiger partial charge in [0.2, 0.25) is 5.91 Å². The maximum atomic E-state index is 13.4. The molecule has 246 valence electrons. The molecule has 1 unspecified atom stereocenters. The van der Waals surface area contributed by atoms with Gasteiger partial charge in [0, 0.05) is 51.9 Å². The van der Waals surface area contributed by atoms with Gasteiger partial charge in [0.05, 0.1) is 18.0 Å². The van der Waals surface area contributed by atoms with Crippen LogP contribution in [0.15, 0.2) is 36.4 Å². The number of nitrogens with zero attached hydrogens (tertiary/aromatic N) is 7. The number of nitrogens with one attached hydrogen (secondary N) is 2. The van der Waals surface area contributed by atoms with E-state index in [1.165, 1.54) is 0 Å². The summed E-state index contributed by atoms with van der Waals surface area (Å²) in [5.41, 5.74) is 4.36. The quantitative estimate of drug-likeness (QED) is 0.364. The summed E-state index contributed by atoms with van der Waals surface area (Å²) in [7, 11) is 6.98. The molecule has 12 heteroatoms. The molecule has 1 aromatic heterocycles. The van der Waals surface area contributed by atoms with Crippen molar-refractivity contribution in [3.8, 4) is 6.07 Å². The topological polar surface area (TPSA) is 151 Å². The molecule has 2 atom stereocenters. The Bertz CT molecular complexity index is 1620. The number of amides is 3. The van der Waals surface area contributed by atoms with Crippen molar-refractivity contribution in [2.24, 2.45) is 5.92 Å². The van der Waals surface area contributed by atoms with Crippen LogP contribution in [0.1, 0.15) is 87.3 Å². The summed E-state index contributed by atoms with van der Waals surface area (Å²) < 4.78 is 0. The van der Waals surface area contributed by atoms with E-state index in [4.69, 9.17) is 0 Å². The van der Waals surface area contributed by atoms with Gasteiger partial charge in [-0.2, -0.15) is 5.26 Å². The average Bonchev–Trinajstić information content (AvgIpc) is 3.74. The van der Waals surface area contributed by atoms with Crippen LogP contribution in [-0.2, 0) is 23.1 Å². The number of hydrogen-bond donors (Lipinski definition) is 2. The number of aryl methyl sites for hydroxylation is 2. The van der Waals surface area contributed by atoms with Crippen molar-refractivity contribution >= 4 is 17.7 Å². The number of nitriles is 1. The maximum Gasteiger partial charge on any atom is 0.253 e. The molecular formula is C35H43N9O3. The lowest BCUT2D eigenvalue weighted by atomic mass is 9.64. The van der Waals surface area contributed by atoms with Gasteiger partial charge in [-0.1, -0.05) is 18.6 Å². The summed E-state index contributed by atoms with van der Waals surface area (Å²) in [6, 6.07) is 13.6. The molecule has 1 saturated carbocycles. The highest BCUT2D eigenvalue weighted by Crippen LogP contribution is 2.49. The Labute approximate surface area is 275 Å². The van der Waals surface area contributed by atoms with Crippen molar-refractivity contribution in [1.29, 1.82) is 5.26 Å². The van der Waals surface area contributed by atoms with Crippen molar-refractivity contribution in [2.45, 2.75) is 68.9 Å². The molecular weight excluding hydrogens is 594 g/mol. The zero-order chi connectivity index (χ0) is 33.3. The van der Waals surface area contributed by atoms with Gasteiger partial charge < -0.3 is 20.0 Å². The van der Waals surface area contributed by atoms with Crippen LogP contribution in [0.5, 0.6) is 0 Å². The number of hydrogen-bond acceptors (Lipinski definition) is 8. The van der Waals surface area contributed by atoms with Crippen LogP contribution >= 0.6 is 0 Å². The first kappa shape index (κ1) is 32.3. The molecule has 3 aromatic rings. The summed E-state index contributed by atoms with van der Waals surface area (Å²) in [5, 5.41) is 29.0. The molecule has 0 spiro atoms. The van der Waals surface area contributed by atoms with Gasteiger partial charge in [0.25, 0.3) is 11.8 Å². The first-order valence-corrected chi connectivity index (χ1v) is 16.5. The van der Waals surface area contributed by atoms with Crippen LogP contribution in [0.25, 0.3) is 0 Å². The Morgan fingerprint density at radius 1 is 0.979 bits per heavy atom. The van der Waals surface area contributed by atoms with Crippen molar-refractivity contribution < 1.29 is 14.4 Å². The molecule has 0 bridgehead atoms. The van der Waals surface area contributed by atoms with Crippen LogP contribution in [-0.4, -0.2) is 106 Å². The van der Waals surface area contributed by atoms with Gasteiger partial charge in [-0.05, 0) is 108 Å². The molecule has 2 N–H and O–H groups in total. The van der Waals surface area contributed by atoms with E-state index < -0.39 is 5.41 Å². The van der Waals surface area contributed by atoms with E-state index >= 15 is 0 Å². The molecule has 2 heterocycles. The average molecular weight is 638 g/mol. The highest BCUT2D eigenvalue weighted by Gasteiger charge is 2.47. The predicted octanol–water partition coefficient (Wildman–Crippen LogP) is 2.70. The second kappa shape index (κ2) is 13.2. The smallest absolute Gasteiger partial charge is 0.253 e. The Balaban J connectivity index is 1.48. The fourth-order valence-corrected chi connectivity index (χ4v) is 7.64. The molecule has 1 saturated heterocycles. The van der Waals surface area contributed by atoms with Gasteiger partial charge >= 0.3 is 0 Å². The maximum absolute atomic E-state index is 13.4. The number of rotatable bonds is 9. The van der Waals surface area contributed by atoms with Gasteiger partial charge in [0.15, 0.2) is 5.82 Å². The lowest BCUT2D eigenvalue weighted by molar-refractivity contribution is -0.130. The first-order valence-electron chi connectivity index (χ1n) is 16.5. The fourth-order valence-electron chi connectivity index (χ4n) is 7.64. The van der Waals surface area contributed by atoms with E-state index in [-0.39, 0.29) is 36.3 Å². The molecule has 3 amide bonds. The summed E-state index contributed by atoms with van der Waals surface area (Å²) >= 11 is 0. The van der Waals surface area contributed by atoms with E-state index in [9.17, 15) is 19.6 Å². The van der Waals surface area contributed by atoms with Crippen molar-refractivity contribution in [1.82, 2.24) is 40.6 Å². The van der Waals surface area contributed by atoms with Crippen molar-refractivity contribution in [3.05, 3.63) is 75.6 Å². The minimum atomic E-state index is -0.872. The molecule has 2 fully saturated rings. The number of benzene rings is 2. The zero-order valence-electron chi connectivity index (χ0n) is 27.6. The Kier molecular flexibility index (Phi) is 9.10. The molecule has 6 rings (SSSR count). The summed E-state index contributed by atoms with van der Waals surface area (Å²) in [6.07, 6.45) is 6.60. The predicted molar refractivity (Wildman–Crippen MR) is 174 cm³/mol. The number of aromatic nitrogens is 4. The summed E-state index contributed by atoms with van der Waals surface area (Å²) in [4.78, 5) is 44.5. The number of H-pyrrole nitrogens is 1. The number of tetrazole rings is 1. The van der Waals surface area contributed by atoms with Crippen molar-refractivity contribution in [3.63, 3.8) is 0 Å². The summed E-state index contributed by atoms with van der Waals surface area (Å²) in [5.74, 6) is 0.687. The standard InChI is InChI=1S/C35H43N9O3/c1-42(2)32(46)25-12-14-28-23(17-25)10-11-24-18-26(33(47)43(3)4)13-15-29(24)35(28,34-38-40-41-39-34)19-30(22-7-5-8-22)37-21-31(45)44-16-6-9-27(44)20-36/h12-15,17-18,22,27,30,37H,5-11,16,19,21H2,1-4H3,(H,38,39,40,41)/t27?,30-/m1/s1. The molecule has 47 heavy (non-hydrogen) atoms. The highest BCUT2D eigenvalue weighted by molar-refractivity contribution is 5.95. The van der Waals surface area contributed by atoms with E-state index in [1.54, 1.807) is 42.9 Å². The van der Waals surface area contributed by atoms with Crippen LogP contribution in [0.3, 0.4) is 0 Å². The van der Waals surface area contributed by atoms with Gasteiger partial charge in [-0.3, -0.25) is 14.4 Å². The van der Waals surface area contributed by atoms with Gasteiger partial charge in [-0.15, -0.1) is 5.10 Å². The Morgan fingerprint density at radius 2 is 1.60 bits per heavy atom. The van der Waals surface area contributed by atoms with Gasteiger partial charge in [-0.25, -0.2) is 5.10 Å². The lowest BCUT2D eigenvalue weighted by Gasteiger charge is -2.42. The molecule has 3 aliphatic rings. The van der Waals surface area contributed by atoms with Gasteiger partial charge in [0.1, 0.15) is 6.04 Å². The normalized spacial score (nSPS) is 19.0. The minimum absolute atomic E-state index is 0.0610. The summed E-state index contributed by atoms with van der Waals surface area (Å²) in [6.45, 7) is 0.736. The van der Waals surface area contributed by atoms with Crippen LogP contribution in [0, 0.1) is 17.2 Å². The van der Waals surface area contributed by atoms with E-state index in [0.717, 1.165) is 47.9 Å².